The highest BCUT2D eigenvalue weighted by Crippen LogP contribution is 2.30. The Labute approximate surface area is 151 Å². The summed E-state index contributed by atoms with van der Waals surface area (Å²) in [6, 6.07) is 14.7. The number of amides is 1. The Bertz CT molecular complexity index is 807. The number of nitro benzene ring substituents is 1. The van der Waals surface area contributed by atoms with E-state index in [1.54, 1.807) is 29.2 Å². The molecule has 1 heterocycles. The number of hydrogen-bond donors (Lipinski definition) is 0. The fraction of sp³-hybridized carbons (Fsp3) is 0.316. The number of rotatable bonds is 5. The number of benzene rings is 2. The van der Waals surface area contributed by atoms with Crippen LogP contribution in [0.2, 0.25) is 0 Å². The summed E-state index contributed by atoms with van der Waals surface area (Å²) in [7, 11) is 0. The summed E-state index contributed by atoms with van der Waals surface area (Å²) < 4.78 is 11.5. The van der Waals surface area contributed by atoms with Gasteiger partial charge in [0.25, 0.3) is 11.6 Å². The number of carbonyl (C=O) groups is 1. The van der Waals surface area contributed by atoms with Gasteiger partial charge in [-0.3, -0.25) is 14.9 Å². The van der Waals surface area contributed by atoms with E-state index in [0.29, 0.717) is 17.9 Å². The Morgan fingerprint density at radius 3 is 2.69 bits per heavy atom. The van der Waals surface area contributed by atoms with Crippen LogP contribution in [0.25, 0.3) is 0 Å². The highest BCUT2D eigenvalue weighted by atomic mass is 16.6. The van der Waals surface area contributed by atoms with Gasteiger partial charge < -0.3 is 14.4 Å². The van der Waals surface area contributed by atoms with Crippen LogP contribution in [0.5, 0.6) is 5.75 Å². The highest BCUT2D eigenvalue weighted by Gasteiger charge is 2.44. The average molecular weight is 356 g/mol. The molecule has 3 rings (SSSR count). The molecule has 1 fully saturated rings. The van der Waals surface area contributed by atoms with Gasteiger partial charge in [-0.05, 0) is 32.0 Å². The zero-order valence-electron chi connectivity index (χ0n) is 14.6. The second-order valence-corrected chi connectivity index (χ2v) is 6.52. The van der Waals surface area contributed by atoms with Crippen LogP contribution < -0.4 is 4.74 Å². The van der Waals surface area contributed by atoms with Crippen molar-refractivity contribution in [1.29, 1.82) is 0 Å². The third kappa shape index (κ3) is 3.67. The summed E-state index contributed by atoms with van der Waals surface area (Å²) in [5.74, 6) is 0.247. The quantitative estimate of drug-likeness (QED) is 0.607. The first-order valence-electron chi connectivity index (χ1n) is 8.28. The van der Waals surface area contributed by atoms with Crippen molar-refractivity contribution in [1.82, 2.24) is 4.90 Å². The van der Waals surface area contributed by atoms with Gasteiger partial charge in [-0.25, -0.2) is 0 Å². The molecule has 1 saturated heterocycles. The van der Waals surface area contributed by atoms with E-state index >= 15 is 0 Å². The van der Waals surface area contributed by atoms with Crippen LogP contribution in [-0.4, -0.2) is 40.7 Å². The molecule has 2 aromatic carbocycles. The van der Waals surface area contributed by atoms with Gasteiger partial charge in [0.2, 0.25) is 0 Å². The van der Waals surface area contributed by atoms with Crippen molar-refractivity contribution in [2.75, 3.05) is 13.2 Å². The molecule has 0 N–H and O–H groups in total. The van der Waals surface area contributed by atoms with Crippen LogP contribution >= 0.6 is 0 Å². The zero-order valence-corrected chi connectivity index (χ0v) is 14.6. The molecule has 1 aliphatic rings. The molecule has 0 saturated carbocycles. The lowest BCUT2D eigenvalue weighted by molar-refractivity contribution is -0.384. The van der Waals surface area contributed by atoms with E-state index in [4.69, 9.17) is 9.47 Å². The van der Waals surface area contributed by atoms with Crippen LogP contribution in [0.3, 0.4) is 0 Å². The number of hydrogen-bond acceptors (Lipinski definition) is 5. The number of carbonyl (C=O) groups excluding carboxylic acids is 1. The first kappa shape index (κ1) is 17.9. The molecule has 1 atom stereocenters. The molecular weight excluding hydrogens is 336 g/mol. The van der Waals surface area contributed by atoms with Crippen LogP contribution in [0.1, 0.15) is 24.2 Å². The molecule has 7 nitrogen and oxygen atoms in total. The van der Waals surface area contributed by atoms with Gasteiger partial charge in [-0.2, -0.15) is 0 Å². The van der Waals surface area contributed by atoms with Crippen molar-refractivity contribution in [2.24, 2.45) is 0 Å². The lowest BCUT2D eigenvalue weighted by atomic mass is 10.1. The predicted octanol–water partition coefficient (Wildman–Crippen LogP) is 3.25. The van der Waals surface area contributed by atoms with E-state index in [1.165, 1.54) is 12.1 Å². The Balaban J connectivity index is 1.75. The molecule has 0 unspecified atom stereocenters. The van der Waals surface area contributed by atoms with Crippen molar-refractivity contribution >= 4 is 11.6 Å². The molecule has 2 aromatic rings. The fourth-order valence-electron chi connectivity index (χ4n) is 3.02. The van der Waals surface area contributed by atoms with Gasteiger partial charge in [0.15, 0.2) is 0 Å². The van der Waals surface area contributed by atoms with Crippen LogP contribution in [0, 0.1) is 10.1 Å². The average Bonchev–Trinajstić information content (AvgIpc) is 2.94. The minimum Gasteiger partial charge on any atom is -0.491 e. The molecule has 0 spiro atoms. The zero-order chi connectivity index (χ0) is 18.7. The van der Waals surface area contributed by atoms with E-state index in [2.05, 4.69) is 0 Å². The predicted molar refractivity (Wildman–Crippen MR) is 95.0 cm³/mol. The van der Waals surface area contributed by atoms with Gasteiger partial charge in [0, 0.05) is 11.6 Å². The molecule has 136 valence electrons. The van der Waals surface area contributed by atoms with E-state index in [1.807, 2.05) is 32.0 Å². The summed E-state index contributed by atoms with van der Waals surface area (Å²) in [4.78, 5) is 25.0. The maximum Gasteiger partial charge on any atom is 0.273 e. The molecule has 0 aromatic heterocycles. The maximum atomic E-state index is 12.9. The Kier molecular flexibility index (Phi) is 4.90. The number of nitro groups is 1. The van der Waals surface area contributed by atoms with E-state index < -0.39 is 10.6 Å². The molecule has 0 aliphatic carbocycles. The first-order chi connectivity index (χ1) is 12.4. The summed E-state index contributed by atoms with van der Waals surface area (Å²) in [5, 5.41) is 10.9. The summed E-state index contributed by atoms with van der Waals surface area (Å²) in [5.41, 5.74) is -0.224. The number of nitrogens with zero attached hydrogens (tertiary/aromatic N) is 2. The largest absolute Gasteiger partial charge is 0.491 e. The SMILES string of the molecule is CC1(C)OC[C@@H](COc2cccc([N+](=O)[O-])c2)N1C(=O)c1ccccc1. The highest BCUT2D eigenvalue weighted by molar-refractivity contribution is 5.95. The molecule has 26 heavy (non-hydrogen) atoms. The van der Waals surface area contributed by atoms with Crippen molar-refractivity contribution in [3.8, 4) is 5.75 Å². The van der Waals surface area contributed by atoms with Gasteiger partial charge in [0.05, 0.1) is 23.6 Å². The van der Waals surface area contributed by atoms with Crippen molar-refractivity contribution in [3.05, 3.63) is 70.3 Å². The lowest BCUT2D eigenvalue weighted by Crippen LogP contribution is -2.49. The molecule has 1 amide bonds. The smallest absolute Gasteiger partial charge is 0.273 e. The number of ether oxygens (including phenoxy) is 2. The minimum absolute atomic E-state index is 0.0391. The first-order valence-corrected chi connectivity index (χ1v) is 8.28. The third-order valence-corrected chi connectivity index (χ3v) is 4.28. The molecular formula is C19H20N2O5. The normalized spacial score (nSPS) is 18.5. The molecule has 0 bridgehead atoms. The molecule has 7 heteroatoms. The molecule has 0 radical (unpaired) electrons. The third-order valence-electron chi connectivity index (χ3n) is 4.28. The Morgan fingerprint density at radius 2 is 2.00 bits per heavy atom. The topological polar surface area (TPSA) is 81.9 Å². The van der Waals surface area contributed by atoms with Gasteiger partial charge in [-0.1, -0.05) is 24.3 Å². The van der Waals surface area contributed by atoms with Gasteiger partial charge >= 0.3 is 0 Å². The minimum atomic E-state index is -0.760. The monoisotopic (exact) mass is 356 g/mol. The lowest BCUT2D eigenvalue weighted by Gasteiger charge is -2.33. The second-order valence-electron chi connectivity index (χ2n) is 6.52. The standard InChI is InChI=1S/C19H20N2O5/c1-19(2)20(18(22)14-7-4-3-5-8-14)16(13-26-19)12-25-17-10-6-9-15(11-17)21(23)24/h3-11,16H,12-13H2,1-2H3/t16-/m1/s1. The fourth-order valence-corrected chi connectivity index (χ4v) is 3.02. The van der Waals surface area contributed by atoms with Crippen LogP contribution in [-0.2, 0) is 4.74 Å². The van der Waals surface area contributed by atoms with Crippen molar-refractivity contribution < 1.29 is 19.2 Å². The number of non-ortho nitro benzene ring substituents is 1. The van der Waals surface area contributed by atoms with Gasteiger partial charge in [-0.15, -0.1) is 0 Å². The maximum absolute atomic E-state index is 12.9. The summed E-state index contributed by atoms with van der Waals surface area (Å²) in [6.45, 7) is 4.19. The van der Waals surface area contributed by atoms with Crippen LogP contribution in [0.15, 0.2) is 54.6 Å². The second kappa shape index (κ2) is 7.13. The van der Waals surface area contributed by atoms with Gasteiger partial charge in [0.1, 0.15) is 18.1 Å². The Hall–Kier alpha value is -2.93. The van der Waals surface area contributed by atoms with E-state index in [0.717, 1.165) is 0 Å². The molecule has 1 aliphatic heterocycles. The van der Waals surface area contributed by atoms with Crippen molar-refractivity contribution in [3.63, 3.8) is 0 Å². The Morgan fingerprint density at radius 1 is 1.27 bits per heavy atom. The summed E-state index contributed by atoms with van der Waals surface area (Å²) in [6.07, 6.45) is 0. The van der Waals surface area contributed by atoms with Crippen molar-refractivity contribution in [2.45, 2.75) is 25.6 Å². The van der Waals surface area contributed by atoms with Crippen LogP contribution in [0.4, 0.5) is 5.69 Å². The van der Waals surface area contributed by atoms with E-state index in [-0.39, 0.29) is 24.2 Å². The summed E-state index contributed by atoms with van der Waals surface area (Å²) >= 11 is 0. The van der Waals surface area contributed by atoms with E-state index in [9.17, 15) is 14.9 Å².